The maximum absolute atomic E-state index is 10.4. The minimum Gasteiger partial charge on any atom is -0.481 e. The highest BCUT2D eigenvalue weighted by atomic mass is 16.4. The first-order valence-electron chi connectivity index (χ1n) is 14.6. The van der Waals surface area contributed by atoms with E-state index in [0.717, 1.165) is 12.8 Å². The van der Waals surface area contributed by atoms with Gasteiger partial charge in [0, 0.05) is 13.0 Å². The highest BCUT2D eigenvalue weighted by Crippen LogP contribution is 2.14. The van der Waals surface area contributed by atoms with Crippen molar-refractivity contribution >= 4 is 17.9 Å². The van der Waals surface area contributed by atoms with Crippen LogP contribution in [0, 0.1) is 5.41 Å². The Balaban J connectivity index is 0. The average Bonchev–Trinajstić information content (AvgIpc) is 2.83. The van der Waals surface area contributed by atoms with Gasteiger partial charge >= 0.3 is 11.9 Å². The van der Waals surface area contributed by atoms with Crippen LogP contribution >= 0.6 is 0 Å². The Labute approximate surface area is 220 Å². The molecule has 0 aliphatic heterocycles. The summed E-state index contributed by atoms with van der Waals surface area (Å²) >= 11 is 0. The van der Waals surface area contributed by atoms with E-state index in [0.29, 0.717) is 25.8 Å². The van der Waals surface area contributed by atoms with Crippen molar-refractivity contribution in [3.63, 3.8) is 0 Å². The number of unbranched alkanes of at least 4 members (excludes halogenated alkanes) is 18. The molecule has 36 heavy (non-hydrogen) atoms. The van der Waals surface area contributed by atoms with Crippen LogP contribution in [0.3, 0.4) is 0 Å². The Morgan fingerprint density at radius 1 is 0.694 bits per heavy atom. The van der Waals surface area contributed by atoms with Crippen LogP contribution in [-0.2, 0) is 9.59 Å². The summed E-state index contributed by atoms with van der Waals surface area (Å²) in [5.41, 5.74) is 10.2. The molecule has 0 heterocycles. The van der Waals surface area contributed by atoms with Gasteiger partial charge in [0.2, 0.25) is 0 Å². The molecule has 0 aromatic heterocycles. The summed E-state index contributed by atoms with van der Waals surface area (Å²) in [7, 11) is 0. The Kier molecular flexibility index (Phi) is 29.7. The summed E-state index contributed by atoms with van der Waals surface area (Å²) in [6.07, 6.45) is 27.1. The molecule has 0 saturated heterocycles. The molecular formula is C28H58N4O4. The second kappa shape index (κ2) is 29.4. The first-order valence-corrected chi connectivity index (χ1v) is 14.6. The number of hydrogen-bond acceptors (Lipinski definition) is 4. The molecule has 0 aliphatic rings. The van der Waals surface area contributed by atoms with Gasteiger partial charge in [-0.25, -0.2) is 0 Å². The van der Waals surface area contributed by atoms with E-state index in [2.05, 4.69) is 12.2 Å². The number of hydrogen-bond donors (Lipinski definition) is 6. The van der Waals surface area contributed by atoms with Crippen LogP contribution < -0.4 is 16.8 Å². The van der Waals surface area contributed by atoms with Gasteiger partial charge in [0.05, 0.1) is 0 Å². The minimum atomic E-state index is -1.00. The first kappa shape index (κ1) is 36.3. The number of carbonyl (C=O) groups is 2. The molecule has 0 saturated carbocycles. The second-order valence-corrected chi connectivity index (χ2v) is 9.94. The molecular weight excluding hydrogens is 456 g/mol. The number of guanidine groups is 1. The van der Waals surface area contributed by atoms with Crippen molar-refractivity contribution < 1.29 is 19.8 Å². The molecule has 1 atom stereocenters. The maximum Gasteiger partial charge on any atom is 0.320 e. The molecule has 0 bridgehead atoms. The van der Waals surface area contributed by atoms with Crippen molar-refractivity contribution in [3.05, 3.63) is 0 Å². The van der Waals surface area contributed by atoms with Crippen LogP contribution in [-0.4, -0.2) is 40.7 Å². The third kappa shape index (κ3) is 34.3. The van der Waals surface area contributed by atoms with Gasteiger partial charge in [-0.15, -0.1) is 0 Å². The zero-order valence-corrected chi connectivity index (χ0v) is 23.2. The molecule has 0 aromatic rings. The largest absolute Gasteiger partial charge is 0.481 e. The van der Waals surface area contributed by atoms with E-state index < -0.39 is 18.0 Å². The molecule has 214 valence electrons. The van der Waals surface area contributed by atoms with E-state index in [9.17, 15) is 9.59 Å². The van der Waals surface area contributed by atoms with Crippen molar-refractivity contribution in [3.8, 4) is 0 Å². The van der Waals surface area contributed by atoms with Gasteiger partial charge in [-0.05, 0) is 19.3 Å². The highest BCUT2D eigenvalue weighted by molar-refractivity contribution is 5.74. The molecule has 0 amide bonds. The van der Waals surface area contributed by atoms with Crippen LogP contribution in [0.5, 0.6) is 0 Å². The predicted molar refractivity (Wildman–Crippen MR) is 150 cm³/mol. The molecule has 0 spiro atoms. The molecule has 1 unspecified atom stereocenters. The maximum atomic E-state index is 10.4. The van der Waals surface area contributed by atoms with Crippen LogP contribution in [0.2, 0.25) is 0 Å². The summed E-state index contributed by atoms with van der Waals surface area (Å²) in [5.74, 6) is -1.77. The van der Waals surface area contributed by atoms with Crippen molar-refractivity contribution in [1.82, 2.24) is 5.32 Å². The predicted octanol–water partition coefficient (Wildman–Crippen LogP) is 6.55. The van der Waals surface area contributed by atoms with Gasteiger partial charge in [-0.2, -0.15) is 0 Å². The molecule has 8 N–H and O–H groups in total. The zero-order chi connectivity index (χ0) is 27.3. The molecule has 0 radical (unpaired) electrons. The van der Waals surface area contributed by atoms with Crippen molar-refractivity contribution in [1.29, 1.82) is 5.41 Å². The summed E-state index contributed by atoms with van der Waals surface area (Å²) in [5, 5.41) is 26.3. The van der Waals surface area contributed by atoms with Crippen LogP contribution in [0.25, 0.3) is 0 Å². The smallest absolute Gasteiger partial charge is 0.320 e. The fraction of sp³-hybridized carbons (Fsp3) is 0.893. The quantitative estimate of drug-likeness (QED) is 0.0456. The first-order chi connectivity index (χ1) is 17.3. The SMILES string of the molecule is CCCCCCCCCCCCCCCCCCCCCC(=O)O.N=C(N)NCCCC(N)C(=O)O. The zero-order valence-electron chi connectivity index (χ0n) is 23.2. The minimum absolute atomic E-state index is 0.112. The molecule has 8 nitrogen and oxygen atoms in total. The monoisotopic (exact) mass is 514 g/mol. The van der Waals surface area contributed by atoms with Gasteiger partial charge in [0.1, 0.15) is 6.04 Å². The molecule has 0 fully saturated rings. The number of carboxylic acids is 2. The van der Waals surface area contributed by atoms with Gasteiger partial charge in [-0.3, -0.25) is 15.0 Å². The standard InChI is InChI=1S/C22H44O2.C6H14N4O2/c1-2-3-4-5-6-7-8-9-10-11-12-13-14-15-16-17-18-19-20-21-22(23)24;7-4(5(11)12)2-1-3-10-6(8)9/h2-21H2,1H3,(H,23,24);4H,1-3,7H2,(H,11,12)(H4,8,9,10). The molecule has 8 heteroatoms. The topological polar surface area (TPSA) is 163 Å². The van der Waals surface area contributed by atoms with Crippen LogP contribution in [0.15, 0.2) is 0 Å². The van der Waals surface area contributed by atoms with Gasteiger partial charge < -0.3 is 27.0 Å². The highest BCUT2D eigenvalue weighted by Gasteiger charge is 2.09. The normalized spacial score (nSPS) is 11.4. The lowest BCUT2D eigenvalue weighted by Crippen LogP contribution is -2.34. The van der Waals surface area contributed by atoms with Gasteiger partial charge in [0.25, 0.3) is 0 Å². The second-order valence-electron chi connectivity index (χ2n) is 9.94. The number of nitrogens with two attached hydrogens (primary N) is 2. The van der Waals surface area contributed by atoms with Crippen molar-refractivity contribution in [2.75, 3.05) is 6.54 Å². The Morgan fingerprint density at radius 3 is 1.36 bits per heavy atom. The van der Waals surface area contributed by atoms with Gasteiger partial charge in [0.15, 0.2) is 5.96 Å². The lowest BCUT2D eigenvalue weighted by Gasteiger charge is -2.06. The van der Waals surface area contributed by atoms with E-state index in [1.54, 1.807) is 0 Å². The lowest BCUT2D eigenvalue weighted by atomic mass is 10.0. The number of aliphatic carboxylic acids is 2. The van der Waals surface area contributed by atoms with Crippen LogP contribution in [0.4, 0.5) is 0 Å². The van der Waals surface area contributed by atoms with E-state index >= 15 is 0 Å². The van der Waals surface area contributed by atoms with Crippen LogP contribution in [0.1, 0.15) is 148 Å². The fourth-order valence-electron chi connectivity index (χ4n) is 4.02. The van der Waals surface area contributed by atoms with E-state index in [4.69, 9.17) is 27.1 Å². The average molecular weight is 515 g/mol. The number of nitrogens with one attached hydrogen (secondary N) is 2. The lowest BCUT2D eigenvalue weighted by molar-refractivity contribution is -0.139. The van der Waals surface area contributed by atoms with Crippen molar-refractivity contribution in [2.24, 2.45) is 11.5 Å². The van der Waals surface area contributed by atoms with E-state index in [1.807, 2.05) is 0 Å². The summed E-state index contributed by atoms with van der Waals surface area (Å²) in [4.78, 5) is 20.6. The van der Waals surface area contributed by atoms with E-state index in [1.165, 1.54) is 109 Å². The molecule has 0 rings (SSSR count). The summed E-state index contributed by atoms with van der Waals surface area (Å²) < 4.78 is 0. The van der Waals surface area contributed by atoms with Crippen molar-refractivity contribution in [2.45, 2.75) is 154 Å². The van der Waals surface area contributed by atoms with Gasteiger partial charge in [-0.1, -0.05) is 122 Å². The Hall–Kier alpha value is -1.83. The molecule has 0 aromatic carbocycles. The third-order valence-electron chi connectivity index (χ3n) is 6.32. The summed E-state index contributed by atoms with van der Waals surface area (Å²) in [6, 6.07) is -0.821. The number of carboxylic acid groups (broad SMARTS) is 2. The number of rotatable bonds is 25. The molecule has 0 aliphatic carbocycles. The third-order valence-corrected chi connectivity index (χ3v) is 6.32. The summed E-state index contributed by atoms with van der Waals surface area (Å²) in [6.45, 7) is 2.77. The van der Waals surface area contributed by atoms with E-state index in [-0.39, 0.29) is 5.96 Å². The Morgan fingerprint density at radius 2 is 1.06 bits per heavy atom. The fourth-order valence-corrected chi connectivity index (χ4v) is 4.02. The Bertz CT molecular complexity index is 518.